The smallest absolute Gasteiger partial charge is 0.426 e. The first-order valence-corrected chi connectivity index (χ1v) is 10.3. The maximum Gasteiger partial charge on any atom is 0.426 e. The van der Waals surface area contributed by atoms with Crippen molar-refractivity contribution in [3.05, 3.63) is 71.8 Å². The van der Waals surface area contributed by atoms with Crippen LogP contribution in [0.25, 0.3) is 0 Å². The second kappa shape index (κ2) is 8.77. The molecule has 162 valence electrons. The first-order valence-electron chi connectivity index (χ1n) is 10.3. The van der Waals surface area contributed by atoms with Crippen molar-refractivity contribution < 1.29 is 19.1 Å². The fourth-order valence-corrected chi connectivity index (χ4v) is 4.30. The predicted molar refractivity (Wildman–Crippen MR) is 113 cm³/mol. The van der Waals surface area contributed by atoms with Gasteiger partial charge >= 0.3 is 6.09 Å². The van der Waals surface area contributed by atoms with E-state index in [-0.39, 0.29) is 24.9 Å². The molecule has 2 atom stereocenters. The minimum atomic E-state index is -0.666. The van der Waals surface area contributed by atoms with Gasteiger partial charge in [-0.25, -0.2) is 9.80 Å². The van der Waals surface area contributed by atoms with E-state index in [0.717, 1.165) is 11.1 Å². The number of benzene rings is 2. The van der Waals surface area contributed by atoms with Gasteiger partial charge in [0, 0.05) is 13.1 Å². The van der Waals surface area contributed by atoms with Crippen LogP contribution in [0.3, 0.4) is 0 Å². The normalized spacial score (nSPS) is 21.8. The summed E-state index contributed by atoms with van der Waals surface area (Å²) >= 11 is 0. The Balaban J connectivity index is 1.64. The molecule has 0 saturated carbocycles. The van der Waals surface area contributed by atoms with Crippen molar-refractivity contribution in [1.29, 1.82) is 0 Å². The number of nitrogens with zero attached hydrogens (tertiary/aromatic N) is 4. The molecule has 0 radical (unpaired) electrons. The number of amides is 3. The molecule has 2 saturated heterocycles. The van der Waals surface area contributed by atoms with Gasteiger partial charge in [-0.1, -0.05) is 60.7 Å². The predicted octanol–water partition coefficient (Wildman–Crippen LogP) is 2.07. The number of fused-ring (bicyclic) bond motifs is 1. The fourth-order valence-electron chi connectivity index (χ4n) is 4.30. The fraction of sp³-hybridized carbons (Fsp3) is 0.348. The summed E-state index contributed by atoms with van der Waals surface area (Å²) in [6, 6.07) is 18.7. The number of piperazine rings is 1. The lowest BCUT2D eigenvalue weighted by molar-refractivity contribution is -0.194. The van der Waals surface area contributed by atoms with Crippen molar-refractivity contribution in [2.45, 2.75) is 32.2 Å². The quantitative estimate of drug-likeness (QED) is 0.754. The Morgan fingerprint density at radius 3 is 2.13 bits per heavy atom. The van der Waals surface area contributed by atoms with Gasteiger partial charge in [-0.2, -0.15) is 5.01 Å². The summed E-state index contributed by atoms with van der Waals surface area (Å²) in [6.45, 7) is 2.72. The SMILES string of the molecule is COC(=O)N1C2CN(Cc3ccccc3)C(=O)C(C)N2C(=O)CN1Cc1ccccc1. The van der Waals surface area contributed by atoms with E-state index >= 15 is 0 Å². The van der Waals surface area contributed by atoms with E-state index in [1.807, 2.05) is 60.7 Å². The summed E-state index contributed by atoms with van der Waals surface area (Å²) in [5, 5.41) is 3.18. The van der Waals surface area contributed by atoms with Gasteiger partial charge in [0.05, 0.1) is 20.2 Å². The van der Waals surface area contributed by atoms with E-state index in [4.69, 9.17) is 4.74 Å². The van der Waals surface area contributed by atoms with Crippen molar-refractivity contribution in [2.24, 2.45) is 0 Å². The first-order chi connectivity index (χ1) is 15.0. The first kappa shape index (κ1) is 20.9. The van der Waals surface area contributed by atoms with Crippen molar-refractivity contribution >= 4 is 17.9 Å². The third-order valence-corrected chi connectivity index (χ3v) is 5.77. The van der Waals surface area contributed by atoms with Crippen LogP contribution in [0.4, 0.5) is 4.79 Å². The maximum atomic E-state index is 13.0. The topological polar surface area (TPSA) is 73.4 Å². The minimum absolute atomic E-state index is 0.00318. The molecule has 2 fully saturated rings. The van der Waals surface area contributed by atoms with Crippen LogP contribution in [0.5, 0.6) is 0 Å². The van der Waals surface area contributed by atoms with E-state index in [1.165, 1.54) is 17.0 Å². The molecule has 2 aromatic rings. The number of ether oxygens (including phenoxy) is 1. The maximum absolute atomic E-state index is 13.0. The van der Waals surface area contributed by atoms with Crippen LogP contribution in [0, 0.1) is 0 Å². The average Bonchev–Trinajstić information content (AvgIpc) is 2.78. The summed E-state index contributed by atoms with van der Waals surface area (Å²) in [5.41, 5.74) is 1.96. The highest BCUT2D eigenvalue weighted by Crippen LogP contribution is 2.28. The number of methoxy groups -OCH3 is 1. The third-order valence-electron chi connectivity index (χ3n) is 5.77. The molecule has 2 heterocycles. The van der Waals surface area contributed by atoms with Gasteiger partial charge in [-0.3, -0.25) is 9.59 Å². The van der Waals surface area contributed by atoms with Crippen molar-refractivity contribution in [2.75, 3.05) is 20.2 Å². The van der Waals surface area contributed by atoms with Crippen LogP contribution in [0.1, 0.15) is 18.1 Å². The van der Waals surface area contributed by atoms with Gasteiger partial charge in [0.25, 0.3) is 0 Å². The lowest BCUT2D eigenvalue weighted by atomic mass is 10.1. The second-order valence-electron chi connectivity index (χ2n) is 7.78. The summed E-state index contributed by atoms with van der Waals surface area (Å²) in [4.78, 5) is 42.1. The molecule has 0 aromatic heterocycles. The molecule has 0 N–H and O–H groups in total. The molecule has 3 amide bonds. The van der Waals surface area contributed by atoms with Crippen LogP contribution in [0.2, 0.25) is 0 Å². The molecule has 31 heavy (non-hydrogen) atoms. The Morgan fingerprint density at radius 1 is 0.968 bits per heavy atom. The molecule has 8 heteroatoms. The van der Waals surface area contributed by atoms with E-state index in [9.17, 15) is 14.4 Å². The molecule has 8 nitrogen and oxygen atoms in total. The molecule has 2 aliphatic heterocycles. The zero-order valence-corrected chi connectivity index (χ0v) is 17.7. The highest BCUT2D eigenvalue weighted by molar-refractivity contribution is 5.90. The van der Waals surface area contributed by atoms with Crippen LogP contribution in [0.15, 0.2) is 60.7 Å². The standard InChI is InChI=1S/C23H26N4O4/c1-17-22(29)24(13-18-9-5-3-6-10-18)15-20-26(17)21(28)16-25(27(20)23(30)31-2)14-19-11-7-4-8-12-19/h3-12,17,20H,13-16H2,1-2H3. The molecule has 0 spiro atoms. The Hall–Kier alpha value is -3.39. The summed E-state index contributed by atoms with van der Waals surface area (Å²) in [6.07, 6.45) is -1.19. The van der Waals surface area contributed by atoms with Gasteiger partial charge < -0.3 is 14.5 Å². The van der Waals surface area contributed by atoms with Gasteiger partial charge in [0.1, 0.15) is 12.2 Å². The van der Waals surface area contributed by atoms with Crippen LogP contribution >= 0.6 is 0 Å². The summed E-state index contributed by atoms with van der Waals surface area (Å²) in [7, 11) is 1.32. The molecule has 0 bridgehead atoms. The lowest BCUT2D eigenvalue weighted by Crippen LogP contribution is -2.74. The van der Waals surface area contributed by atoms with Gasteiger partial charge in [0.2, 0.25) is 11.8 Å². The molecule has 2 unspecified atom stereocenters. The summed E-state index contributed by atoms with van der Waals surface area (Å²) in [5.74, 6) is -0.309. The third kappa shape index (κ3) is 4.11. The van der Waals surface area contributed by atoms with E-state index in [2.05, 4.69) is 0 Å². The highest BCUT2D eigenvalue weighted by atomic mass is 16.5. The number of hydrazine groups is 1. The van der Waals surface area contributed by atoms with Gasteiger partial charge in [-0.05, 0) is 18.1 Å². The zero-order chi connectivity index (χ0) is 22.0. The number of rotatable bonds is 4. The largest absolute Gasteiger partial charge is 0.452 e. The van der Waals surface area contributed by atoms with Crippen molar-refractivity contribution in [3.8, 4) is 0 Å². The highest BCUT2D eigenvalue weighted by Gasteiger charge is 2.50. The molecule has 2 aromatic carbocycles. The molecule has 2 aliphatic rings. The Labute approximate surface area is 181 Å². The monoisotopic (exact) mass is 422 g/mol. The van der Waals surface area contributed by atoms with Gasteiger partial charge in [-0.15, -0.1) is 0 Å². The van der Waals surface area contributed by atoms with Crippen LogP contribution in [-0.4, -0.2) is 70.1 Å². The second-order valence-corrected chi connectivity index (χ2v) is 7.78. The van der Waals surface area contributed by atoms with E-state index in [0.29, 0.717) is 13.1 Å². The van der Waals surface area contributed by atoms with E-state index < -0.39 is 18.3 Å². The molecular weight excluding hydrogens is 396 g/mol. The number of carbonyl (C=O) groups is 3. The zero-order valence-electron chi connectivity index (χ0n) is 17.7. The Bertz CT molecular complexity index is 953. The molecule has 0 aliphatic carbocycles. The average molecular weight is 422 g/mol. The van der Waals surface area contributed by atoms with Crippen molar-refractivity contribution in [1.82, 2.24) is 19.8 Å². The number of hydrogen-bond acceptors (Lipinski definition) is 5. The lowest BCUT2D eigenvalue weighted by Gasteiger charge is -2.54. The minimum Gasteiger partial charge on any atom is -0.452 e. The van der Waals surface area contributed by atoms with Crippen LogP contribution in [-0.2, 0) is 27.4 Å². The van der Waals surface area contributed by atoms with Crippen molar-refractivity contribution in [3.63, 3.8) is 0 Å². The van der Waals surface area contributed by atoms with Gasteiger partial charge in [0.15, 0.2) is 0 Å². The Morgan fingerprint density at radius 2 is 1.55 bits per heavy atom. The Kier molecular flexibility index (Phi) is 5.90. The summed E-state index contributed by atoms with van der Waals surface area (Å²) < 4.78 is 5.06. The molecule has 4 rings (SSSR count). The number of hydrogen-bond donors (Lipinski definition) is 0. The number of carbonyl (C=O) groups excluding carboxylic acids is 3. The van der Waals surface area contributed by atoms with E-state index in [1.54, 1.807) is 16.8 Å². The van der Waals surface area contributed by atoms with Crippen LogP contribution < -0.4 is 0 Å². The molecular formula is C23H26N4O4.